The average Bonchev–Trinajstić information content (AvgIpc) is 3.22. The summed E-state index contributed by atoms with van der Waals surface area (Å²) in [5.41, 5.74) is 2.87. The normalized spacial score (nSPS) is 10.6. The molecule has 0 saturated heterocycles. The number of rotatable bonds is 6. The Kier molecular flexibility index (Phi) is 5.21. The third kappa shape index (κ3) is 3.50. The van der Waals surface area contributed by atoms with Gasteiger partial charge in [-0.25, -0.2) is 4.98 Å². The van der Waals surface area contributed by atoms with Crippen LogP contribution in [0.2, 0.25) is 0 Å². The molecule has 1 N–H and O–H groups in total. The van der Waals surface area contributed by atoms with Crippen LogP contribution >= 0.6 is 0 Å². The minimum Gasteiger partial charge on any atom is -0.493 e. The lowest BCUT2D eigenvalue weighted by molar-refractivity contribution is 0.102. The van der Waals surface area contributed by atoms with Gasteiger partial charge in [0.25, 0.3) is 5.91 Å². The fourth-order valence-corrected chi connectivity index (χ4v) is 3.07. The van der Waals surface area contributed by atoms with Crippen molar-refractivity contribution in [3.63, 3.8) is 0 Å². The van der Waals surface area contributed by atoms with Crippen molar-refractivity contribution in [2.24, 2.45) is 0 Å². The van der Waals surface area contributed by atoms with E-state index in [-0.39, 0.29) is 5.91 Å². The van der Waals surface area contributed by atoms with E-state index in [4.69, 9.17) is 18.6 Å². The van der Waals surface area contributed by atoms with Crippen LogP contribution in [-0.4, -0.2) is 37.2 Å². The molecule has 4 aromatic rings. The quantitative estimate of drug-likeness (QED) is 0.514. The number of benzene rings is 2. The Hall–Kier alpha value is -4.07. The number of pyridine rings is 1. The first kappa shape index (κ1) is 19.3. The molecule has 0 aliphatic rings. The molecule has 8 heteroatoms. The minimum atomic E-state index is -0.341. The largest absolute Gasteiger partial charge is 0.493 e. The van der Waals surface area contributed by atoms with Gasteiger partial charge < -0.3 is 23.9 Å². The van der Waals surface area contributed by atoms with E-state index in [9.17, 15) is 4.79 Å². The average molecular weight is 405 g/mol. The number of hydrogen-bond acceptors (Lipinski definition) is 7. The zero-order valence-electron chi connectivity index (χ0n) is 16.6. The van der Waals surface area contributed by atoms with E-state index >= 15 is 0 Å². The maximum absolute atomic E-state index is 12.8. The Morgan fingerprint density at radius 1 is 0.933 bits per heavy atom. The second-order valence-electron chi connectivity index (χ2n) is 6.26. The van der Waals surface area contributed by atoms with Gasteiger partial charge in [0.1, 0.15) is 0 Å². The van der Waals surface area contributed by atoms with Gasteiger partial charge in [0, 0.05) is 17.4 Å². The molecule has 30 heavy (non-hydrogen) atoms. The lowest BCUT2D eigenvalue weighted by Gasteiger charge is -2.15. The van der Waals surface area contributed by atoms with E-state index in [0.29, 0.717) is 45.6 Å². The van der Waals surface area contributed by atoms with Gasteiger partial charge >= 0.3 is 0 Å². The number of aromatic nitrogens is 2. The van der Waals surface area contributed by atoms with Gasteiger partial charge in [0.15, 0.2) is 22.7 Å². The molecule has 0 bridgehead atoms. The molecule has 1 amide bonds. The van der Waals surface area contributed by atoms with Gasteiger partial charge in [0.2, 0.25) is 11.6 Å². The van der Waals surface area contributed by atoms with Crippen molar-refractivity contribution in [3.05, 3.63) is 60.3 Å². The number of carbonyl (C=O) groups excluding carboxylic acids is 1. The van der Waals surface area contributed by atoms with Crippen LogP contribution in [0.1, 0.15) is 10.4 Å². The van der Waals surface area contributed by atoms with E-state index in [1.807, 2.05) is 18.2 Å². The van der Waals surface area contributed by atoms with E-state index in [1.54, 1.807) is 36.5 Å². The summed E-state index contributed by atoms with van der Waals surface area (Å²) in [7, 11) is 4.48. The molecule has 2 heterocycles. The molecule has 0 aliphatic heterocycles. The van der Waals surface area contributed by atoms with Gasteiger partial charge in [-0.3, -0.25) is 4.79 Å². The first-order valence-corrected chi connectivity index (χ1v) is 9.07. The first-order valence-electron chi connectivity index (χ1n) is 9.07. The highest BCUT2D eigenvalue weighted by Gasteiger charge is 2.21. The minimum absolute atomic E-state index is 0.296. The highest BCUT2D eigenvalue weighted by Crippen LogP contribution is 2.40. The Morgan fingerprint density at radius 3 is 2.37 bits per heavy atom. The van der Waals surface area contributed by atoms with Gasteiger partial charge in [-0.1, -0.05) is 0 Å². The molecule has 8 nitrogen and oxygen atoms in total. The smallest absolute Gasteiger partial charge is 0.259 e. The third-order valence-electron chi connectivity index (χ3n) is 4.50. The van der Waals surface area contributed by atoms with Crippen LogP contribution in [0.5, 0.6) is 17.2 Å². The number of oxazole rings is 1. The zero-order chi connectivity index (χ0) is 21.1. The number of fused-ring (bicyclic) bond motifs is 1. The Balaban J connectivity index is 1.57. The van der Waals surface area contributed by atoms with Gasteiger partial charge in [-0.2, -0.15) is 4.98 Å². The molecule has 152 valence electrons. The van der Waals surface area contributed by atoms with Crippen molar-refractivity contribution >= 4 is 22.8 Å². The molecule has 0 unspecified atom stereocenters. The van der Waals surface area contributed by atoms with Crippen LogP contribution in [0.4, 0.5) is 5.69 Å². The van der Waals surface area contributed by atoms with E-state index < -0.39 is 0 Å². The highest BCUT2D eigenvalue weighted by molar-refractivity contribution is 6.07. The van der Waals surface area contributed by atoms with Crippen molar-refractivity contribution < 1.29 is 23.4 Å². The topological polar surface area (TPSA) is 95.7 Å². The number of methoxy groups -OCH3 is 3. The highest BCUT2D eigenvalue weighted by atomic mass is 16.5. The van der Waals surface area contributed by atoms with Gasteiger partial charge in [-0.15, -0.1) is 0 Å². The number of anilines is 1. The summed E-state index contributed by atoms with van der Waals surface area (Å²) in [6.07, 6.45) is 1.66. The maximum atomic E-state index is 12.8. The summed E-state index contributed by atoms with van der Waals surface area (Å²) in [5, 5.41) is 2.85. The first-order chi connectivity index (χ1) is 14.6. The summed E-state index contributed by atoms with van der Waals surface area (Å²) in [6, 6.07) is 14.0. The molecule has 2 aromatic carbocycles. The van der Waals surface area contributed by atoms with Crippen LogP contribution in [0.25, 0.3) is 22.7 Å². The van der Waals surface area contributed by atoms with Crippen molar-refractivity contribution in [1.82, 2.24) is 9.97 Å². The molecular weight excluding hydrogens is 386 g/mol. The van der Waals surface area contributed by atoms with E-state index in [2.05, 4.69) is 15.3 Å². The molecule has 0 radical (unpaired) electrons. The number of nitrogens with zero attached hydrogens (tertiary/aromatic N) is 2. The van der Waals surface area contributed by atoms with Gasteiger partial charge in [0.05, 0.1) is 26.9 Å². The fraction of sp³-hybridized carbons (Fsp3) is 0.136. The Bertz CT molecular complexity index is 1170. The summed E-state index contributed by atoms with van der Waals surface area (Å²) in [5.74, 6) is 1.25. The molecule has 0 saturated carbocycles. The monoisotopic (exact) mass is 405 g/mol. The van der Waals surface area contributed by atoms with Crippen molar-refractivity contribution in [1.29, 1.82) is 0 Å². The van der Waals surface area contributed by atoms with E-state index in [0.717, 1.165) is 5.56 Å². The number of ether oxygens (including phenoxy) is 3. The van der Waals surface area contributed by atoms with Crippen molar-refractivity contribution in [2.45, 2.75) is 0 Å². The molecule has 0 aliphatic carbocycles. The zero-order valence-corrected chi connectivity index (χ0v) is 16.6. The molecule has 2 aromatic heterocycles. The number of hydrogen-bond donors (Lipinski definition) is 1. The third-order valence-corrected chi connectivity index (χ3v) is 4.50. The molecule has 0 atom stereocenters. The second-order valence-corrected chi connectivity index (χ2v) is 6.26. The number of amides is 1. The summed E-state index contributed by atoms with van der Waals surface area (Å²) in [6.45, 7) is 0. The van der Waals surface area contributed by atoms with Gasteiger partial charge in [-0.05, 0) is 48.5 Å². The van der Waals surface area contributed by atoms with E-state index in [1.165, 1.54) is 21.3 Å². The summed E-state index contributed by atoms with van der Waals surface area (Å²) < 4.78 is 21.7. The number of nitrogens with one attached hydrogen (secondary N) is 1. The van der Waals surface area contributed by atoms with Crippen LogP contribution in [0.15, 0.2) is 59.1 Å². The SMILES string of the molecule is COc1ccc(C(=O)Nc2ccc(-c3nc4ncccc4o3)cc2)c(OC)c1OC. The summed E-state index contributed by atoms with van der Waals surface area (Å²) in [4.78, 5) is 21.3. The predicted octanol–water partition coefficient (Wildman–Crippen LogP) is 4.17. The van der Waals surface area contributed by atoms with Crippen LogP contribution in [0.3, 0.4) is 0 Å². The lowest BCUT2D eigenvalue weighted by Crippen LogP contribution is -2.14. The number of carbonyl (C=O) groups is 1. The van der Waals surface area contributed by atoms with Crippen LogP contribution < -0.4 is 19.5 Å². The van der Waals surface area contributed by atoms with Crippen molar-refractivity contribution in [2.75, 3.05) is 26.6 Å². The van der Waals surface area contributed by atoms with Crippen LogP contribution in [-0.2, 0) is 0 Å². The van der Waals surface area contributed by atoms with Crippen molar-refractivity contribution in [3.8, 4) is 28.7 Å². The fourth-order valence-electron chi connectivity index (χ4n) is 3.07. The Labute approximate surface area is 172 Å². The Morgan fingerprint density at radius 2 is 1.70 bits per heavy atom. The second kappa shape index (κ2) is 8.12. The maximum Gasteiger partial charge on any atom is 0.259 e. The molecule has 0 fully saturated rings. The predicted molar refractivity (Wildman–Crippen MR) is 111 cm³/mol. The molecule has 4 rings (SSSR count). The lowest BCUT2D eigenvalue weighted by atomic mass is 10.1. The molecular formula is C22H19N3O5. The standard InChI is InChI=1S/C22H19N3O5/c1-27-16-11-10-15(18(28-2)19(16)29-3)21(26)24-14-8-6-13(7-9-14)22-25-20-17(30-22)5-4-12-23-20/h4-12H,1-3H3,(H,24,26). The summed E-state index contributed by atoms with van der Waals surface area (Å²) >= 11 is 0. The van der Waals surface area contributed by atoms with Crippen LogP contribution in [0, 0.1) is 0 Å². The molecule has 0 spiro atoms.